The molecule has 7 heteroatoms. The van der Waals surface area contributed by atoms with Crippen molar-refractivity contribution in [1.29, 1.82) is 5.26 Å². The summed E-state index contributed by atoms with van der Waals surface area (Å²) in [5, 5.41) is 21.9. The van der Waals surface area contributed by atoms with E-state index in [0.29, 0.717) is 16.9 Å². The van der Waals surface area contributed by atoms with Crippen LogP contribution in [0.25, 0.3) is 0 Å². The molecule has 2 amide bonds. The molecule has 1 aromatic rings. The van der Waals surface area contributed by atoms with E-state index in [1.54, 1.807) is 12.1 Å². The van der Waals surface area contributed by atoms with E-state index >= 15 is 0 Å². The van der Waals surface area contributed by atoms with Crippen molar-refractivity contribution in [2.24, 2.45) is 0 Å². The lowest BCUT2D eigenvalue weighted by atomic mass is 10.1. The zero-order valence-electron chi connectivity index (χ0n) is 10.3. The Bertz CT molecular complexity index is 522. The highest BCUT2D eigenvalue weighted by Gasteiger charge is 2.08. The first-order chi connectivity index (χ1) is 9.06. The zero-order chi connectivity index (χ0) is 14.3. The average molecular weight is 263 g/mol. The maximum atomic E-state index is 11.1. The lowest BCUT2D eigenvalue weighted by Crippen LogP contribution is -2.25. The van der Waals surface area contributed by atoms with Crippen molar-refractivity contribution in [3.8, 4) is 11.8 Å². The van der Waals surface area contributed by atoms with E-state index in [-0.39, 0.29) is 19.1 Å². The number of benzene rings is 1. The molecule has 3 N–H and O–H groups in total. The average Bonchev–Trinajstić information content (AvgIpc) is 2.42. The second-order valence-electron chi connectivity index (χ2n) is 3.55. The number of carboxylic acid groups (broad SMARTS) is 1. The third kappa shape index (κ3) is 4.55. The second-order valence-corrected chi connectivity index (χ2v) is 3.55. The van der Waals surface area contributed by atoms with Gasteiger partial charge in [-0.2, -0.15) is 5.26 Å². The largest absolute Gasteiger partial charge is 0.483 e. The van der Waals surface area contributed by atoms with Gasteiger partial charge in [0.05, 0.1) is 11.6 Å². The molecule has 0 radical (unpaired) electrons. The van der Waals surface area contributed by atoms with Gasteiger partial charge in [0.1, 0.15) is 5.75 Å². The Morgan fingerprint density at radius 2 is 2.21 bits per heavy atom. The number of hydrogen-bond donors (Lipinski definition) is 3. The minimum Gasteiger partial charge on any atom is -0.483 e. The molecule has 0 fully saturated rings. The zero-order valence-corrected chi connectivity index (χ0v) is 10.3. The Hall–Kier alpha value is -2.75. The molecule has 0 bridgehead atoms. The molecule has 0 saturated carbocycles. The molecule has 0 aliphatic rings. The lowest BCUT2D eigenvalue weighted by Gasteiger charge is -2.11. The van der Waals surface area contributed by atoms with E-state index in [9.17, 15) is 9.59 Å². The summed E-state index contributed by atoms with van der Waals surface area (Å²) < 4.78 is 5.27. The molecule has 7 nitrogen and oxygen atoms in total. The van der Waals surface area contributed by atoms with E-state index in [4.69, 9.17) is 15.1 Å². The summed E-state index contributed by atoms with van der Waals surface area (Å²) in [6.45, 7) is -0.171. The van der Waals surface area contributed by atoms with Gasteiger partial charge in [-0.25, -0.2) is 4.79 Å². The van der Waals surface area contributed by atoms with Gasteiger partial charge in [0.15, 0.2) is 6.61 Å². The fourth-order valence-corrected chi connectivity index (χ4v) is 1.29. The summed E-state index contributed by atoms with van der Waals surface area (Å²) in [5.74, 6) is -0.0177. The molecule has 0 aliphatic heterocycles. The molecule has 1 aromatic carbocycles. The summed E-state index contributed by atoms with van der Waals surface area (Å²) >= 11 is 0. The van der Waals surface area contributed by atoms with Crippen LogP contribution in [0, 0.1) is 11.3 Å². The Morgan fingerprint density at radius 1 is 1.47 bits per heavy atom. The molecular weight excluding hydrogens is 250 g/mol. The highest BCUT2D eigenvalue weighted by atomic mass is 16.5. The number of carbonyl (C=O) groups is 2. The second kappa shape index (κ2) is 6.86. The van der Waals surface area contributed by atoms with Gasteiger partial charge >= 0.3 is 6.09 Å². The molecule has 0 saturated heterocycles. The van der Waals surface area contributed by atoms with Crippen molar-refractivity contribution >= 4 is 12.0 Å². The molecule has 1 rings (SSSR count). The number of ether oxygens (including phenoxy) is 1. The van der Waals surface area contributed by atoms with Crippen molar-refractivity contribution < 1.29 is 19.4 Å². The summed E-state index contributed by atoms with van der Waals surface area (Å²) in [7, 11) is 1.48. The third-order valence-corrected chi connectivity index (χ3v) is 2.26. The highest BCUT2D eigenvalue weighted by Crippen LogP contribution is 2.20. The summed E-state index contributed by atoms with van der Waals surface area (Å²) in [6, 6.07) is 6.53. The molecule has 0 aliphatic carbocycles. The van der Waals surface area contributed by atoms with Crippen molar-refractivity contribution in [1.82, 2.24) is 10.6 Å². The van der Waals surface area contributed by atoms with E-state index < -0.39 is 6.09 Å². The SMILES string of the molecule is CNC(=O)COc1cc(C#N)ccc1CNC(=O)O. The van der Waals surface area contributed by atoms with Gasteiger partial charge < -0.3 is 20.5 Å². The normalized spacial score (nSPS) is 9.26. The van der Waals surface area contributed by atoms with Gasteiger partial charge in [-0.3, -0.25) is 4.79 Å². The van der Waals surface area contributed by atoms with Crippen molar-refractivity contribution in [2.45, 2.75) is 6.54 Å². The quantitative estimate of drug-likeness (QED) is 0.714. The standard InChI is InChI=1S/C12H13N3O4/c1-14-11(16)7-19-10-4-8(5-13)2-3-9(10)6-15-12(17)18/h2-4,15H,6-7H2,1H3,(H,14,16)(H,17,18). The highest BCUT2D eigenvalue weighted by molar-refractivity contribution is 5.77. The predicted molar refractivity (Wildman–Crippen MR) is 65.6 cm³/mol. The molecular formula is C12H13N3O4. The first-order valence-corrected chi connectivity index (χ1v) is 5.40. The number of hydrogen-bond acceptors (Lipinski definition) is 4. The van der Waals surface area contributed by atoms with Crippen LogP contribution in [0.4, 0.5) is 4.79 Å². The maximum Gasteiger partial charge on any atom is 0.404 e. The summed E-state index contributed by atoms with van der Waals surface area (Å²) in [4.78, 5) is 21.6. The number of likely N-dealkylation sites (N-methyl/N-ethyl adjacent to an activating group) is 1. The van der Waals surface area contributed by atoms with Crippen LogP contribution in [0.2, 0.25) is 0 Å². The molecule has 0 aromatic heterocycles. The predicted octanol–water partition coefficient (Wildman–Crippen LogP) is 0.451. The monoisotopic (exact) mass is 263 g/mol. The molecule has 100 valence electrons. The van der Waals surface area contributed by atoms with Crippen LogP contribution < -0.4 is 15.4 Å². The van der Waals surface area contributed by atoms with Gasteiger partial charge in [0, 0.05) is 19.2 Å². The fraction of sp³-hybridized carbons (Fsp3) is 0.250. The van der Waals surface area contributed by atoms with Crippen LogP contribution in [0.15, 0.2) is 18.2 Å². The third-order valence-electron chi connectivity index (χ3n) is 2.26. The topological polar surface area (TPSA) is 111 Å². The molecule has 0 atom stereocenters. The van der Waals surface area contributed by atoms with E-state index in [2.05, 4.69) is 10.6 Å². The number of nitrogens with one attached hydrogen (secondary N) is 2. The van der Waals surface area contributed by atoms with Gasteiger partial charge in [-0.05, 0) is 12.1 Å². The lowest BCUT2D eigenvalue weighted by molar-refractivity contribution is -0.122. The minimum atomic E-state index is -1.17. The van der Waals surface area contributed by atoms with E-state index in [0.717, 1.165) is 0 Å². The smallest absolute Gasteiger partial charge is 0.404 e. The van der Waals surface area contributed by atoms with Gasteiger partial charge in [0.25, 0.3) is 5.91 Å². The number of amides is 2. The van der Waals surface area contributed by atoms with Crippen LogP contribution in [-0.4, -0.2) is 30.8 Å². The van der Waals surface area contributed by atoms with Crippen LogP contribution in [0.5, 0.6) is 5.75 Å². The van der Waals surface area contributed by atoms with Gasteiger partial charge in [-0.15, -0.1) is 0 Å². The van der Waals surface area contributed by atoms with Crippen LogP contribution >= 0.6 is 0 Å². The Balaban J connectivity index is 2.86. The Kier molecular flexibility index (Phi) is 5.17. The Morgan fingerprint density at radius 3 is 2.79 bits per heavy atom. The molecule has 0 unspecified atom stereocenters. The maximum absolute atomic E-state index is 11.1. The van der Waals surface area contributed by atoms with Crippen LogP contribution in [0.1, 0.15) is 11.1 Å². The number of nitriles is 1. The first kappa shape index (κ1) is 14.3. The van der Waals surface area contributed by atoms with Crippen LogP contribution in [0.3, 0.4) is 0 Å². The Labute approximate surface area is 109 Å². The molecule has 19 heavy (non-hydrogen) atoms. The number of nitrogens with zero attached hydrogens (tertiary/aromatic N) is 1. The van der Waals surface area contributed by atoms with Crippen molar-refractivity contribution in [2.75, 3.05) is 13.7 Å². The fourth-order valence-electron chi connectivity index (χ4n) is 1.29. The summed E-state index contributed by atoms with van der Waals surface area (Å²) in [6.07, 6.45) is -1.17. The summed E-state index contributed by atoms with van der Waals surface area (Å²) in [5.41, 5.74) is 0.913. The molecule has 0 heterocycles. The van der Waals surface area contributed by atoms with Crippen molar-refractivity contribution in [3.63, 3.8) is 0 Å². The number of rotatable bonds is 5. The number of carbonyl (C=O) groups excluding carboxylic acids is 1. The first-order valence-electron chi connectivity index (χ1n) is 5.40. The van der Waals surface area contributed by atoms with Crippen molar-refractivity contribution in [3.05, 3.63) is 29.3 Å². The van der Waals surface area contributed by atoms with Gasteiger partial charge in [0.2, 0.25) is 0 Å². The molecule has 0 spiro atoms. The minimum absolute atomic E-state index is 0.0319. The van der Waals surface area contributed by atoms with E-state index in [1.807, 2.05) is 6.07 Å². The van der Waals surface area contributed by atoms with Crippen LogP contribution in [-0.2, 0) is 11.3 Å². The van der Waals surface area contributed by atoms with E-state index in [1.165, 1.54) is 13.1 Å². The van der Waals surface area contributed by atoms with Gasteiger partial charge in [-0.1, -0.05) is 6.07 Å².